The average Bonchev–Trinajstić information content (AvgIpc) is 2.61. The number of carbonyl (C=O) groups excluding carboxylic acids is 1. The third kappa shape index (κ3) is 4.27. The monoisotopic (exact) mass is 460 g/mol. The van der Waals surface area contributed by atoms with Gasteiger partial charge in [0.05, 0.1) is 12.6 Å². The van der Waals surface area contributed by atoms with Gasteiger partial charge in [0.2, 0.25) is 5.91 Å². The Hall–Kier alpha value is -2.18. The number of hydrogen-bond donors (Lipinski definition) is 2. The summed E-state index contributed by atoms with van der Waals surface area (Å²) in [5.74, 6) is -0.127. The molecule has 0 saturated heterocycles. The summed E-state index contributed by atoms with van der Waals surface area (Å²) in [6.07, 6.45) is 1.63. The van der Waals surface area contributed by atoms with E-state index in [2.05, 4.69) is 42.4 Å². The second kappa shape index (κ2) is 7.80. The Morgan fingerprint density at radius 1 is 1.08 bits per heavy atom. The van der Waals surface area contributed by atoms with E-state index in [9.17, 15) is 9.90 Å². The minimum absolute atomic E-state index is 0.0973. The van der Waals surface area contributed by atoms with Crippen LogP contribution < -0.4 is 5.43 Å². The zero-order valence-electron chi connectivity index (χ0n) is 13.0. The van der Waals surface area contributed by atoms with Gasteiger partial charge in [0.15, 0.2) is 0 Å². The van der Waals surface area contributed by atoms with Gasteiger partial charge in [-0.15, -0.1) is 0 Å². The molecule has 2 N–H and O–H groups in total. The van der Waals surface area contributed by atoms with Crippen LogP contribution in [0.15, 0.2) is 68.6 Å². The maximum absolute atomic E-state index is 12.2. The lowest BCUT2D eigenvalue weighted by molar-refractivity contribution is -0.120. The van der Waals surface area contributed by atoms with E-state index in [0.717, 1.165) is 25.3 Å². The fraction of sp³-hybridized carbons (Fsp3) is 0.0526. The molecular formula is C19H14Br2N2O2. The Labute approximate surface area is 161 Å². The molecule has 0 unspecified atom stereocenters. The molecule has 0 aliphatic carbocycles. The van der Waals surface area contributed by atoms with Crippen molar-refractivity contribution in [3.8, 4) is 5.75 Å². The minimum Gasteiger partial charge on any atom is -0.507 e. The van der Waals surface area contributed by atoms with Gasteiger partial charge >= 0.3 is 0 Å². The highest BCUT2D eigenvalue weighted by Crippen LogP contribution is 2.27. The molecule has 0 bridgehead atoms. The molecule has 0 heterocycles. The minimum atomic E-state index is -0.224. The highest BCUT2D eigenvalue weighted by molar-refractivity contribution is 9.11. The van der Waals surface area contributed by atoms with Crippen molar-refractivity contribution >= 4 is 54.8 Å². The number of nitrogens with zero attached hydrogens (tertiary/aromatic N) is 1. The number of fused-ring (bicyclic) bond motifs is 1. The Morgan fingerprint density at radius 2 is 1.84 bits per heavy atom. The molecule has 3 aromatic rings. The van der Waals surface area contributed by atoms with Gasteiger partial charge in [-0.3, -0.25) is 4.79 Å². The fourth-order valence-electron chi connectivity index (χ4n) is 2.49. The molecule has 0 atom stereocenters. The quantitative estimate of drug-likeness (QED) is 0.434. The van der Waals surface area contributed by atoms with Crippen molar-refractivity contribution in [2.45, 2.75) is 6.42 Å². The van der Waals surface area contributed by atoms with Gasteiger partial charge < -0.3 is 5.11 Å². The summed E-state index contributed by atoms with van der Waals surface area (Å²) < 4.78 is 1.81. The number of carbonyl (C=O) groups is 1. The van der Waals surface area contributed by atoms with Crippen LogP contribution in [0.2, 0.25) is 0 Å². The van der Waals surface area contributed by atoms with Crippen molar-refractivity contribution in [2.75, 3.05) is 0 Å². The predicted molar refractivity (Wildman–Crippen MR) is 107 cm³/mol. The molecule has 4 nitrogen and oxygen atoms in total. The van der Waals surface area contributed by atoms with Crippen LogP contribution in [0.3, 0.4) is 0 Å². The molecule has 0 spiro atoms. The van der Waals surface area contributed by atoms with E-state index in [0.29, 0.717) is 5.56 Å². The highest BCUT2D eigenvalue weighted by atomic mass is 79.9. The van der Waals surface area contributed by atoms with Crippen molar-refractivity contribution in [1.82, 2.24) is 5.43 Å². The molecular weight excluding hydrogens is 448 g/mol. The number of hydrogen-bond acceptors (Lipinski definition) is 3. The van der Waals surface area contributed by atoms with Crippen LogP contribution >= 0.6 is 31.9 Å². The van der Waals surface area contributed by atoms with E-state index in [1.165, 1.54) is 6.21 Å². The number of hydrazone groups is 1. The number of nitrogens with one attached hydrogen (secondary N) is 1. The Bertz CT molecular complexity index is 971. The Morgan fingerprint density at radius 3 is 2.64 bits per heavy atom. The molecule has 1 amide bonds. The molecule has 0 fully saturated rings. The third-order valence-electron chi connectivity index (χ3n) is 3.69. The zero-order valence-corrected chi connectivity index (χ0v) is 16.2. The lowest BCUT2D eigenvalue weighted by Gasteiger charge is -2.07. The smallest absolute Gasteiger partial charge is 0.244 e. The number of amides is 1. The predicted octanol–water partition coefficient (Wildman–Crippen LogP) is 4.76. The summed E-state index contributed by atoms with van der Waals surface area (Å²) in [5.41, 5.74) is 3.94. The number of halogens is 2. The van der Waals surface area contributed by atoms with Gasteiger partial charge in [0.1, 0.15) is 5.75 Å². The van der Waals surface area contributed by atoms with Crippen LogP contribution in [-0.4, -0.2) is 17.2 Å². The van der Waals surface area contributed by atoms with E-state index in [-0.39, 0.29) is 18.1 Å². The molecule has 0 aromatic heterocycles. The SMILES string of the molecule is O=C(Cc1ccc(Br)c2ccccc12)N/N=C/c1cc(Br)ccc1O. The molecule has 3 rings (SSSR count). The zero-order chi connectivity index (χ0) is 17.8. The van der Waals surface area contributed by atoms with E-state index < -0.39 is 0 Å². The topological polar surface area (TPSA) is 61.7 Å². The van der Waals surface area contributed by atoms with Crippen molar-refractivity contribution in [1.29, 1.82) is 0 Å². The van der Waals surface area contributed by atoms with Crippen molar-refractivity contribution in [2.24, 2.45) is 5.10 Å². The molecule has 25 heavy (non-hydrogen) atoms. The highest BCUT2D eigenvalue weighted by Gasteiger charge is 2.08. The summed E-state index contributed by atoms with van der Waals surface area (Å²) in [6, 6.07) is 16.8. The average molecular weight is 462 g/mol. The van der Waals surface area contributed by atoms with E-state index in [4.69, 9.17) is 0 Å². The first-order valence-electron chi connectivity index (χ1n) is 7.51. The van der Waals surface area contributed by atoms with Crippen LogP contribution in [-0.2, 0) is 11.2 Å². The molecule has 126 valence electrons. The standard InChI is InChI=1S/C19H14Br2N2O2/c20-14-6-8-18(24)13(9-14)11-22-23-19(25)10-12-5-7-17(21)16-4-2-1-3-15(12)16/h1-9,11,24H,10H2,(H,23,25)/b22-11+. The van der Waals surface area contributed by atoms with Crippen LogP contribution in [0.4, 0.5) is 0 Å². The number of aromatic hydroxyl groups is 1. The number of benzene rings is 3. The summed E-state index contributed by atoms with van der Waals surface area (Å²) in [4.78, 5) is 12.2. The largest absolute Gasteiger partial charge is 0.507 e. The van der Waals surface area contributed by atoms with Crippen LogP contribution in [0.1, 0.15) is 11.1 Å². The number of phenols is 1. The summed E-state index contributed by atoms with van der Waals surface area (Å²) in [7, 11) is 0. The number of phenolic OH excluding ortho intramolecular Hbond substituents is 1. The lowest BCUT2D eigenvalue weighted by Crippen LogP contribution is -2.19. The van der Waals surface area contributed by atoms with Gasteiger partial charge in [-0.05, 0) is 40.6 Å². The van der Waals surface area contributed by atoms with Crippen LogP contribution in [0.5, 0.6) is 5.75 Å². The normalized spacial score (nSPS) is 11.1. The van der Waals surface area contributed by atoms with Crippen molar-refractivity contribution < 1.29 is 9.90 Å². The van der Waals surface area contributed by atoms with E-state index >= 15 is 0 Å². The van der Waals surface area contributed by atoms with E-state index in [1.807, 2.05) is 36.4 Å². The second-order valence-electron chi connectivity index (χ2n) is 5.43. The molecule has 0 radical (unpaired) electrons. The van der Waals surface area contributed by atoms with Gasteiger partial charge in [-0.2, -0.15) is 5.10 Å². The summed E-state index contributed by atoms with van der Waals surface area (Å²) in [5, 5.41) is 15.8. The first-order chi connectivity index (χ1) is 12.0. The molecule has 0 aliphatic heterocycles. The summed E-state index contributed by atoms with van der Waals surface area (Å²) in [6.45, 7) is 0. The molecule has 3 aromatic carbocycles. The molecule has 0 saturated carbocycles. The first-order valence-corrected chi connectivity index (χ1v) is 9.10. The second-order valence-corrected chi connectivity index (χ2v) is 7.20. The van der Waals surface area contributed by atoms with Gasteiger partial charge in [-0.1, -0.05) is 62.2 Å². The first kappa shape index (κ1) is 17.6. The van der Waals surface area contributed by atoms with Crippen molar-refractivity contribution in [3.05, 3.63) is 74.7 Å². The Kier molecular flexibility index (Phi) is 5.50. The van der Waals surface area contributed by atoms with Gasteiger partial charge in [-0.25, -0.2) is 5.43 Å². The maximum atomic E-state index is 12.2. The summed E-state index contributed by atoms with van der Waals surface area (Å²) >= 11 is 6.85. The third-order valence-corrected chi connectivity index (χ3v) is 4.88. The Balaban J connectivity index is 1.72. The lowest BCUT2D eigenvalue weighted by atomic mass is 10.0. The maximum Gasteiger partial charge on any atom is 0.244 e. The van der Waals surface area contributed by atoms with Crippen LogP contribution in [0.25, 0.3) is 10.8 Å². The van der Waals surface area contributed by atoms with Crippen LogP contribution in [0, 0.1) is 0 Å². The number of rotatable bonds is 4. The fourth-order valence-corrected chi connectivity index (χ4v) is 3.35. The molecule has 6 heteroatoms. The van der Waals surface area contributed by atoms with Crippen molar-refractivity contribution in [3.63, 3.8) is 0 Å². The van der Waals surface area contributed by atoms with Gasteiger partial charge in [0, 0.05) is 14.5 Å². The van der Waals surface area contributed by atoms with E-state index in [1.54, 1.807) is 18.2 Å². The van der Waals surface area contributed by atoms with Gasteiger partial charge in [0.25, 0.3) is 0 Å². The molecule has 0 aliphatic rings.